The molecule has 1 aromatic heterocycles. The number of rotatable bonds is 4. The average Bonchev–Trinajstić information content (AvgIpc) is 2.86. The van der Waals surface area contributed by atoms with Gasteiger partial charge in [0, 0.05) is 25.9 Å². The molecule has 0 amide bonds. The quantitative estimate of drug-likeness (QED) is 0.842. The van der Waals surface area contributed by atoms with Crippen molar-refractivity contribution >= 4 is 10.0 Å². The molecule has 2 heterocycles. The van der Waals surface area contributed by atoms with E-state index in [1.165, 1.54) is 17.1 Å². The highest BCUT2D eigenvalue weighted by molar-refractivity contribution is 7.89. The maximum atomic E-state index is 12.0. The van der Waals surface area contributed by atoms with Crippen molar-refractivity contribution in [3.8, 4) is 0 Å². The highest BCUT2D eigenvalue weighted by Crippen LogP contribution is 2.17. The molecular formula is C10H17N3O3S. The lowest BCUT2D eigenvalue weighted by molar-refractivity contribution is 0.0902. The second-order valence-corrected chi connectivity index (χ2v) is 6.03. The Balaban J connectivity index is 2.06. The second kappa shape index (κ2) is 4.75. The zero-order chi connectivity index (χ0) is 12.5. The number of hydrogen-bond donors (Lipinski definition) is 1. The van der Waals surface area contributed by atoms with Crippen LogP contribution in [0.5, 0.6) is 0 Å². The minimum absolute atomic E-state index is 0.0264. The molecule has 1 aromatic rings. The van der Waals surface area contributed by atoms with Crippen LogP contribution in [0, 0.1) is 0 Å². The van der Waals surface area contributed by atoms with E-state index >= 15 is 0 Å². The van der Waals surface area contributed by atoms with E-state index in [2.05, 4.69) is 9.82 Å². The van der Waals surface area contributed by atoms with Gasteiger partial charge in [-0.3, -0.25) is 4.68 Å². The number of aromatic nitrogens is 2. The zero-order valence-electron chi connectivity index (χ0n) is 9.96. The smallest absolute Gasteiger partial charge is 0.244 e. The van der Waals surface area contributed by atoms with Crippen molar-refractivity contribution in [1.29, 1.82) is 0 Å². The van der Waals surface area contributed by atoms with Crippen LogP contribution in [-0.4, -0.2) is 37.0 Å². The van der Waals surface area contributed by atoms with Crippen LogP contribution in [0.1, 0.15) is 19.8 Å². The van der Waals surface area contributed by atoms with E-state index in [1.807, 2.05) is 6.92 Å². The summed E-state index contributed by atoms with van der Waals surface area (Å²) in [5, 5.41) is 3.85. The maximum absolute atomic E-state index is 12.0. The van der Waals surface area contributed by atoms with Gasteiger partial charge in [-0.05, 0) is 19.8 Å². The fourth-order valence-corrected chi connectivity index (χ4v) is 3.18. The fourth-order valence-electron chi connectivity index (χ4n) is 1.92. The van der Waals surface area contributed by atoms with Gasteiger partial charge in [0.25, 0.3) is 0 Å². The molecule has 7 heteroatoms. The molecular weight excluding hydrogens is 242 g/mol. The predicted molar refractivity (Wildman–Crippen MR) is 62.0 cm³/mol. The maximum Gasteiger partial charge on any atom is 0.244 e. The molecule has 0 aliphatic carbocycles. The second-order valence-electron chi connectivity index (χ2n) is 4.31. The molecule has 17 heavy (non-hydrogen) atoms. The molecule has 0 unspecified atom stereocenters. The molecule has 0 radical (unpaired) electrons. The number of ether oxygens (including phenoxy) is 1. The molecule has 1 saturated heterocycles. The fraction of sp³-hybridized carbons (Fsp3) is 0.700. The van der Waals surface area contributed by atoms with Gasteiger partial charge in [-0.2, -0.15) is 5.10 Å². The standard InChI is InChI=1S/C10H17N3O3S/c1-8(10-4-3-5-16-10)12-17(14,15)9-6-11-13(2)7-9/h6-8,10,12H,3-5H2,1-2H3/t8-,10+/m0/s1. The third kappa shape index (κ3) is 2.85. The van der Waals surface area contributed by atoms with Gasteiger partial charge < -0.3 is 4.74 Å². The van der Waals surface area contributed by atoms with E-state index in [1.54, 1.807) is 7.05 Å². The summed E-state index contributed by atoms with van der Waals surface area (Å²) in [4.78, 5) is 0.185. The number of aryl methyl sites for hydroxylation is 1. The minimum atomic E-state index is -3.49. The van der Waals surface area contributed by atoms with E-state index in [0.29, 0.717) is 6.61 Å². The van der Waals surface area contributed by atoms with Gasteiger partial charge in [0.2, 0.25) is 10.0 Å². The van der Waals surface area contributed by atoms with E-state index < -0.39 is 10.0 Å². The van der Waals surface area contributed by atoms with Crippen molar-refractivity contribution in [3.63, 3.8) is 0 Å². The van der Waals surface area contributed by atoms with Gasteiger partial charge in [0.1, 0.15) is 4.90 Å². The molecule has 1 aliphatic heterocycles. The van der Waals surface area contributed by atoms with Crippen LogP contribution in [-0.2, 0) is 21.8 Å². The van der Waals surface area contributed by atoms with Crippen molar-refractivity contribution in [2.24, 2.45) is 7.05 Å². The summed E-state index contributed by atoms with van der Waals surface area (Å²) in [5.41, 5.74) is 0. The lowest BCUT2D eigenvalue weighted by atomic mass is 10.1. The predicted octanol–water partition coefficient (Wildman–Crippen LogP) is 0.266. The van der Waals surface area contributed by atoms with Gasteiger partial charge in [0.05, 0.1) is 12.3 Å². The topological polar surface area (TPSA) is 73.2 Å². The Morgan fingerprint density at radius 1 is 1.65 bits per heavy atom. The van der Waals surface area contributed by atoms with Crippen LogP contribution in [0.15, 0.2) is 17.3 Å². The van der Waals surface area contributed by atoms with Crippen LogP contribution in [0.2, 0.25) is 0 Å². The van der Waals surface area contributed by atoms with E-state index in [9.17, 15) is 8.42 Å². The molecule has 96 valence electrons. The van der Waals surface area contributed by atoms with Crippen molar-refractivity contribution < 1.29 is 13.2 Å². The summed E-state index contributed by atoms with van der Waals surface area (Å²) in [6, 6.07) is -0.220. The van der Waals surface area contributed by atoms with Gasteiger partial charge in [0.15, 0.2) is 0 Å². The van der Waals surface area contributed by atoms with Crippen molar-refractivity contribution in [1.82, 2.24) is 14.5 Å². The molecule has 0 bridgehead atoms. The Hall–Kier alpha value is -0.920. The van der Waals surface area contributed by atoms with Crippen molar-refractivity contribution in [2.45, 2.75) is 36.8 Å². The number of sulfonamides is 1. The van der Waals surface area contributed by atoms with Crippen LogP contribution in [0.25, 0.3) is 0 Å². The minimum Gasteiger partial charge on any atom is -0.377 e. The van der Waals surface area contributed by atoms with Crippen LogP contribution < -0.4 is 4.72 Å². The lowest BCUT2D eigenvalue weighted by Gasteiger charge is -2.19. The van der Waals surface area contributed by atoms with Gasteiger partial charge in [-0.25, -0.2) is 13.1 Å². The Morgan fingerprint density at radius 3 is 2.94 bits per heavy atom. The Kier molecular flexibility index (Phi) is 3.50. The van der Waals surface area contributed by atoms with Gasteiger partial charge in [-0.15, -0.1) is 0 Å². The summed E-state index contributed by atoms with van der Waals surface area (Å²) in [6.07, 6.45) is 4.68. The Bertz CT molecular complexity index is 477. The number of nitrogens with one attached hydrogen (secondary N) is 1. The first kappa shape index (κ1) is 12.5. The van der Waals surface area contributed by atoms with E-state index in [-0.39, 0.29) is 17.0 Å². The van der Waals surface area contributed by atoms with Crippen molar-refractivity contribution in [2.75, 3.05) is 6.61 Å². The highest BCUT2D eigenvalue weighted by Gasteiger charge is 2.27. The van der Waals surface area contributed by atoms with Gasteiger partial charge >= 0.3 is 0 Å². The Morgan fingerprint density at radius 2 is 2.41 bits per heavy atom. The molecule has 2 rings (SSSR count). The summed E-state index contributed by atoms with van der Waals surface area (Å²) in [7, 11) is -1.81. The molecule has 6 nitrogen and oxygen atoms in total. The number of hydrogen-bond acceptors (Lipinski definition) is 4. The highest BCUT2D eigenvalue weighted by atomic mass is 32.2. The number of nitrogens with zero attached hydrogens (tertiary/aromatic N) is 2. The average molecular weight is 259 g/mol. The van der Waals surface area contributed by atoms with Crippen LogP contribution in [0.4, 0.5) is 0 Å². The third-order valence-electron chi connectivity index (χ3n) is 2.86. The molecule has 0 spiro atoms. The zero-order valence-corrected chi connectivity index (χ0v) is 10.8. The summed E-state index contributed by atoms with van der Waals surface area (Å²) in [6.45, 7) is 2.54. The van der Waals surface area contributed by atoms with Crippen molar-refractivity contribution in [3.05, 3.63) is 12.4 Å². The lowest BCUT2D eigenvalue weighted by Crippen LogP contribution is -2.40. The molecule has 0 saturated carbocycles. The van der Waals surface area contributed by atoms with E-state index in [0.717, 1.165) is 12.8 Å². The molecule has 1 N–H and O–H groups in total. The summed E-state index contributed by atoms with van der Waals surface area (Å²) in [5.74, 6) is 0. The van der Waals surface area contributed by atoms with Crippen LogP contribution in [0.3, 0.4) is 0 Å². The van der Waals surface area contributed by atoms with E-state index in [4.69, 9.17) is 4.74 Å². The third-order valence-corrected chi connectivity index (χ3v) is 4.37. The Labute approximate surface area is 101 Å². The summed E-state index contributed by atoms with van der Waals surface area (Å²) < 4.78 is 33.5. The first-order chi connectivity index (χ1) is 7.99. The molecule has 0 aromatic carbocycles. The first-order valence-electron chi connectivity index (χ1n) is 5.61. The normalized spacial score (nSPS) is 22.8. The monoisotopic (exact) mass is 259 g/mol. The largest absolute Gasteiger partial charge is 0.377 e. The molecule has 1 fully saturated rings. The van der Waals surface area contributed by atoms with Crippen LogP contribution >= 0.6 is 0 Å². The summed E-state index contributed by atoms with van der Waals surface area (Å²) >= 11 is 0. The first-order valence-corrected chi connectivity index (χ1v) is 7.10. The molecule has 1 aliphatic rings. The molecule has 2 atom stereocenters. The SMILES string of the molecule is C[C@H](NS(=O)(=O)c1cnn(C)c1)[C@H]1CCCO1. The van der Waals surface area contributed by atoms with Gasteiger partial charge in [-0.1, -0.05) is 0 Å².